The van der Waals surface area contributed by atoms with E-state index in [1.165, 1.54) is 26.2 Å². The minimum absolute atomic E-state index is 0.00789. The Kier molecular flexibility index (Phi) is 5.53. The van der Waals surface area contributed by atoms with Gasteiger partial charge in [0.05, 0.1) is 0 Å². The van der Waals surface area contributed by atoms with Crippen LogP contribution in [0.15, 0.2) is 36.9 Å². The third-order valence-electron chi connectivity index (χ3n) is 5.33. The number of piperidine rings is 2. The Morgan fingerprint density at radius 1 is 1.28 bits per heavy atom. The van der Waals surface area contributed by atoms with Crippen molar-refractivity contribution >= 4 is 17.5 Å². The topological polar surface area (TPSA) is 61.4 Å². The van der Waals surface area contributed by atoms with Crippen LogP contribution in [-0.4, -0.2) is 41.4 Å². The van der Waals surface area contributed by atoms with E-state index in [1.54, 1.807) is 24.3 Å². The molecule has 0 aromatic heterocycles. The predicted octanol–water partition coefficient (Wildman–Crippen LogP) is 3.58. The lowest BCUT2D eigenvalue weighted by atomic mass is 9.82. The summed E-state index contributed by atoms with van der Waals surface area (Å²) in [5.41, 5.74) is 1.25. The van der Waals surface area contributed by atoms with Gasteiger partial charge in [0, 0.05) is 35.9 Å². The van der Waals surface area contributed by atoms with Gasteiger partial charge in [0.1, 0.15) is 0 Å². The van der Waals surface area contributed by atoms with Crippen LogP contribution in [0.2, 0.25) is 0 Å². The van der Waals surface area contributed by atoms with Gasteiger partial charge in [0.15, 0.2) is 5.78 Å². The zero-order valence-electron chi connectivity index (χ0n) is 14.8. The van der Waals surface area contributed by atoms with E-state index in [9.17, 15) is 9.59 Å². The molecule has 0 radical (unpaired) electrons. The molecule has 2 fully saturated rings. The van der Waals surface area contributed by atoms with Crippen molar-refractivity contribution in [1.29, 1.82) is 0 Å². The van der Waals surface area contributed by atoms with Crippen LogP contribution in [0.3, 0.4) is 0 Å². The van der Waals surface area contributed by atoms with Crippen LogP contribution in [0.1, 0.15) is 49.4 Å². The highest BCUT2D eigenvalue weighted by molar-refractivity contribution is 5.96. The molecule has 5 nitrogen and oxygen atoms in total. The maximum Gasteiger partial charge on any atom is 0.319 e. The molecule has 0 saturated carbocycles. The Hall–Kier alpha value is -2.14. The number of hydrogen-bond acceptors (Lipinski definition) is 3. The molecule has 1 aromatic rings. The number of Topliss-reactive ketones (excluding diaryl/α,β-unsaturated/α-hetero) is 1. The van der Waals surface area contributed by atoms with E-state index >= 15 is 0 Å². The number of nitrogens with one attached hydrogen (secondary N) is 2. The number of carbonyl (C=O) groups excluding carboxylic acids is 2. The second kappa shape index (κ2) is 7.83. The second-order valence-corrected chi connectivity index (χ2v) is 7.13. The van der Waals surface area contributed by atoms with Crippen molar-refractivity contribution in [2.45, 2.75) is 57.2 Å². The number of rotatable bonds is 5. The largest absolute Gasteiger partial charge is 0.335 e. The summed E-state index contributed by atoms with van der Waals surface area (Å²) in [7, 11) is 0. The molecule has 0 unspecified atom stereocenters. The normalized spacial score (nSPS) is 25.9. The Bertz CT molecular complexity index is 644. The van der Waals surface area contributed by atoms with E-state index in [0.717, 1.165) is 19.4 Å². The van der Waals surface area contributed by atoms with Crippen molar-refractivity contribution in [3.63, 3.8) is 0 Å². The van der Waals surface area contributed by atoms with Gasteiger partial charge >= 0.3 is 6.03 Å². The molecule has 0 aliphatic carbocycles. The highest BCUT2D eigenvalue weighted by atomic mass is 16.2. The quantitative estimate of drug-likeness (QED) is 0.636. The van der Waals surface area contributed by atoms with Crippen LogP contribution < -0.4 is 10.6 Å². The van der Waals surface area contributed by atoms with E-state index in [-0.39, 0.29) is 17.9 Å². The van der Waals surface area contributed by atoms with Gasteiger partial charge in [-0.2, -0.15) is 0 Å². The Balaban J connectivity index is 1.58. The summed E-state index contributed by atoms with van der Waals surface area (Å²) in [6.45, 7) is 6.33. The Morgan fingerprint density at radius 2 is 2.00 bits per heavy atom. The molecule has 134 valence electrons. The maximum absolute atomic E-state index is 12.4. The molecular weight excluding hydrogens is 314 g/mol. The third kappa shape index (κ3) is 4.28. The number of ketones is 1. The van der Waals surface area contributed by atoms with Crippen molar-refractivity contribution in [3.05, 3.63) is 42.5 Å². The van der Waals surface area contributed by atoms with Crippen LogP contribution in [0, 0.1) is 0 Å². The van der Waals surface area contributed by atoms with Gasteiger partial charge in [-0.3, -0.25) is 9.69 Å². The lowest BCUT2D eigenvalue weighted by Gasteiger charge is -2.48. The summed E-state index contributed by atoms with van der Waals surface area (Å²) in [6, 6.07) is 8.13. The summed E-state index contributed by atoms with van der Waals surface area (Å²) < 4.78 is 0. The predicted molar refractivity (Wildman–Crippen MR) is 100.0 cm³/mol. The van der Waals surface area contributed by atoms with E-state index < -0.39 is 0 Å². The van der Waals surface area contributed by atoms with Crippen LogP contribution in [-0.2, 0) is 0 Å². The van der Waals surface area contributed by atoms with E-state index in [0.29, 0.717) is 23.3 Å². The molecular formula is C20H27N3O2. The lowest BCUT2D eigenvalue weighted by molar-refractivity contribution is 0.0375. The summed E-state index contributed by atoms with van der Waals surface area (Å²) in [5.74, 6) is -0.00789. The zero-order chi connectivity index (χ0) is 17.8. The standard InChI is InChI=1S/C20H27N3O2/c1-3-10-23-18-8-5-9-19(23)13-17(12-18)22-20(25)21-16-7-4-6-15(11-16)14(2)24/h3-4,6-7,11,17-19H,1,5,8-10,12-13H2,2H3,(H2,21,22,25)/t18-,19-/m1/s1. The first kappa shape index (κ1) is 17.7. The molecule has 3 rings (SSSR count). The molecule has 1 aromatic carbocycles. The molecule has 25 heavy (non-hydrogen) atoms. The smallest absolute Gasteiger partial charge is 0.319 e. The van der Waals surface area contributed by atoms with Crippen molar-refractivity contribution < 1.29 is 9.59 Å². The fourth-order valence-electron chi connectivity index (χ4n) is 4.21. The van der Waals surface area contributed by atoms with Crippen molar-refractivity contribution in [1.82, 2.24) is 10.2 Å². The number of anilines is 1. The monoisotopic (exact) mass is 341 g/mol. The van der Waals surface area contributed by atoms with Crippen LogP contribution >= 0.6 is 0 Å². The first-order valence-corrected chi connectivity index (χ1v) is 9.12. The van der Waals surface area contributed by atoms with E-state index in [2.05, 4.69) is 22.1 Å². The van der Waals surface area contributed by atoms with Gasteiger partial charge in [-0.1, -0.05) is 24.6 Å². The van der Waals surface area contributed by atoms with Crippen molar-refractivity contribution in [2.24, 2.45) is 0 Å². The fourth-order valence-corrected chi connectivity index (χ4v) is 4.21. The molecule has 2 heterocycles. The number of nitrogens with zero attached hydrogens (tertiary/aromatic N) is 1. The molecule has 2 N–H and O–H groups in total. The van der Waals surface area contributed by atoms with Gasteiger partial charge < -0.3 is 10.6 Å². The number of hydrogen-bond donors (Lipinski definition) is 2. The number of carbonyl (C=O) groups is 2. The maximum atomic E-state index is 12.4. The minimum atomic E-state index is -0.194. The molecule has 2 bridgehead atoms. The number of benzene rings is 1. The summed E-state index contributed by atoms with van der Waals surface area (Å²) in [4.78, 5) is 26.4. The lowest BCUT2D eigenvalue weighted by Crippen LogP contribution is -2.57. The number of amides is 2. The molecule has 5 heteroatoms. The van der Waals surface area contributed by atoms with Crippen LogP contribution in [0.5, 0.6) is 0 Å². The van der Waals surface area contributed by atoms with Gasteiger partial charge in [0.2, 0.25) is 0 Å². The van der Waals surface area contributed by atoms with Gasteiger partial charge in [0.25, 0.3) is 0 Å². The summed E-state index contributed by atoms with van der Waals surface area (Å²) >= 11 is 0. The second-order valence-electron chi connectivity index (χ2n) is 7.13. The highest BCUT2D eigenvalue weighted by Gasteiger charge is 2.37. The molecule has 2 atom stereocenters. The average Bonchev–Trinajstić information content (AvgIpc) is 2.56. The Morgan fingerprint density at radius 3 is 2.64 bits per heavy atom. The van der Waals surface area contributed by atoms with Crippen molar-refractivity contribution in [3.8, 4) is 0 Å². The van der Waals surface area contributed by atoms with Crippen molar-refractivity contribution in [2.75, 3.05) is 11.9 Å². The number of urea groups is 1. The van der Waals surface area contributed by atoms with E-state index in [1.807, 2.05) is 6.08 Å². The Labute approximate surface area is 149 Å². The van der Waals surface area contributed by atoms with Crippen LogP contribution in [0.4, 0.5) is 10.5 Å². The third-order valence-corrected chi connectivity index (χ3v) is 5.33. The SMILES string of the molecule is C=CCN1[C@@H]2CCC[C@@H]1CC(NC(=O)Nc1cccc(C(C)=O)c1)C2. The molecule has 0 spiro atoms. The molecule has 2 aliphatic rings. The molecule has 2 aliphatic heterocycles. The molecule has 2 amide bonds. The van der Waals surface area contributed by atoms with Gasteiger partial charge in [-0.15, -0.1) is 6.58 Å². The van der Waals surface area contributed by atoms with Gasteiger partial charge in [-0.25, -0.2) is 4.79 Å². The summed E-state index contributed by atoms with van der Waals surface area (Å²) in [5, 5.41) is 5.97. The number of fused-ring (bicyclic) bond motifs is 2. The summed E-state index contributed by atoms with van der Waals surface area (Å²) in [6.07, 6.45) is 7.64. The first-order chi connectivity index (χ1) is 12.1. The minimum Gasteiger partial charge on any atom is -0.335 e. The van der Waals surface area contributed by atoms with Crippen LogP contribution in [0.25, 0.3) is 0 Å². The highest BCUT2D eigenvalue weighted by Crippen LogP contribution is 2.33. The van der Waals surface area contributed by atoms with E-state index in [4.69, 9.17) is 0 Å². The fraction of sp³-hybridized carbons (Fsp3) is 0.500. The average molecular weight is 341 g/mol. The molecule has 2 saturated heterocycles. The zero-order valence-corrected chi connectivity index (χ0v) is 14.8. The first-order valence-electron chi connectivity index (χ1n) is 9.12. The van der Waals surface area contributed by atoms with Gasteiger partial charge in [-0.05, 0) is 44.7 Å².